The second-order valence-electron chi connectivity index (χ2n) is 8.37. The van der Waals surface area contributed by atoms with Gasteiger partial charge in [-0.15, -0.1) is 0 Å². The minimum absolute atomic E-state index is 0.0551. The highest BCUT2D eigenvalue weighted by atomic mass is 16.2. The first-order valence-corrected chi connectivity index (χ1v) is 11.4. The smallest absolute Gasteiger partial charge is 0.231 e. The molecule has 0 unspecified atom stereocenters. The van der Waals surface area contributed by atoms with Gasteiger partial charge >= 0.3 is 0 Å². The van der Waals surface area contributed by atoms with E-state index in [1.165, 1.54) is 5.56 Å². The van der Waals surface area contributed by atoms with Gasteiger partial charge in [-0.2, -0.15) is 0 Å². The van der Waals surface area contributed by atoms with E-state index >= 15 is 0 Å². The molecular weight excluding hydrogens is 386 g/mol. The monoisotopic (exact) mass is 421 g/mol. The largest absolute Gasteiger partial charge is 0.351 e. The third-order valence-electron chi connectivity index (χ3n) is 6.67. The summed E-state index contributed by atoms with van der Waals surface area (Å²) < 4.78 is 0. The number of carbonyl (C=O) groups excluding carboxylic acids is 2. The predicted molar refractivity (Wildman–Crippen MR) is 125 cm³/mol. The lowest BCUT2D eigenvalue weighted by Crippen LogP contribution is -2.52. The van der Waals surface area contributed by atoms with Crippen LogP contribution in [-0.4, -0.2) is 47.8 Å². The molecule has 31 heavy (non-hydrogen) atoms. The minimum atomic E-state index is -0.596. The van der Waals surface area contributed by atoms with Crippen molar-refractivity contribution in [2.24, 2.45) is 0 Å². The van der Waals surface area contributed by atoms with Crippen molar-refractivity contribution in [1.29, 1.82) is 0 Å². The molecule has 0 bridgehead atoms. The molecule has 0 aliphatic carbocycles. The van der Waals surface area contributed by atoms with Crippen LogP contribution in [0.15, 0.2) is 54.6 Å². The van der Waals surface area contributed by atoms with Crippen LogP contribution in [0.2, 0.25) is 0 Å². The van der Waals surface area contributed by atoms with Gasteiger partial charge in [0, 0.05) is 33.1 Å². The van der Waals surface area contributed by atoms with Crippen LogP contribution in [0.3, 0.4) is 0 Å². The average molecular weight is 422 g/mol. The number of hydrogen-bond acceptors (Lipinski definition) is 3. The maximum absolute atomic E-state index is 13.6. The molecule has 1 N–H and O–H groups in total. The first-order valence-electron chi connectivity index (χ1n) is 11.4. The van der Waals surface area contributed by atoms with Gasteiger partial charge in [-0.25, -0.2) is 0 Å². The Morgan fingerprint density at radius 1 is 0.935 bits per heavy atom. The van der Waals surface area contributed by atoms with Crippen LogP contribution >= 0.6 is 0 Å². The Labute approximate surface area is 186 Å². The normalized spacial score (nSPS) is 15.7. The summed E-state index contributed by atoms with van der Waals surface area (Å²) in [6.45, 7) is 10.6. The van der Waals surface area contributed by atoms with E-state index in [9.17, 15) is 9.59 Å². The van der Waals surface area contributed by atoms with Gasteiger partial charge in [0.05, 0.1) is 5.41 Å². The highest BCUT2D eigenvalue weighted by Crippen LogP contribution is 2.36. The molecule has 1 saturated heterocycles. The molecule has 0 aromatic heterocycles. The molecule has 2 aromatic rings. The Balaban J connectivity index is 1.78. The standard InChI is InChI=1S/C26H35N3O2/c1-4-28(5-2)20-23-12-10-9-11-22(23)19-27-25(31)26(24-13-7-6-8-14-24)15-17-29(18-16-26)21(3)30/h6-14H,4-5,15-20H2,1-3H3,(H,27,31). The van der Waals surface area contributed by atoms with E-state index in [2.05, 4.69) is 42.3 Å². The van der Waals surface area contributed by atoms with Crippen molar-refractivity contribution in [2.75, 3.05) is 26.2 Å². The summed E-state index contributed by atoms with van der Waals surface area (Å²) in [4.78, 5) is 29.6. The fourth-order valence-electron chi connectivity index (χ4n) is 4.52. The average Bonchev–Trinajstić information content (AvgIpc) is 2.82. The van der Waals surface area contributed by atoms with E-state index in [0.717, 1.165) is 30.8 Å². The Bertz CT molecular complexity index is 869. The maximum Gasteiger partial charge on any atom is 0.231 e. The Kier molecular flexibility index (Phi) is 7.85. The topological polar surface area (TPSA) is 52.7 Å². The number of nitrogens with zero attached hydrogens (tertiary/aromatic N) is 2. The van der Waals surface area contributed by atoms with Crippen LogP contribution in [0.4, 0.5) is 0 Å². The van der Waals surface area contributed by atoms with Crippen molar-refractivity contribution in [1.82, 2.24) is 15.1 Å². The fraction of sp³-hybridized carbons (Fsp3) is 0.462. The summed E-state index contributed by atoms with van der Waals surface area (Å²) in [5, 5.41) is 3.24. The van der Waals surface area contributed by atoms with Crippen molar-refractivity contribution >= 4 is 11.8 Å². The lowest BCUT2D eigenvalue weighted by atomic mass is 9.72. The highest BCUT2D eigenvalue weighted by Gasteiger charge is 2.43. The van der Waals surface area contributed by atoms with Crippen LogP contribution in [-0.2, 0) is 28.1 Å². The molecule has 0 saturated carbocycles. The Morgan fingerprint density at radius 2 is 1.52 bits per heavy atom. The third-order valence-corrected chi connectivity index (χ3v) is 6.67. The first kappa shape index (κ1) is 23.0. The van der Waals surface area contributed by atoms with Gasteiger partial charge in [0.1, 0.15) is 0 Å². The summed E-state index contributed by atoms with van der Waals surface area (Å²) in [7, 11) is 0. The highest BCUT2D eigenvalue weighted by molar-refractivity contribution is 5.88. The SMILES string of the molecule is CCN(CC)Cc1ccccc1CNC(=O)C1(c2ccccc2)CCN(C(C)=O)CC1. The van der Waals surface area contributed by atoms with Crippen molar-refractivity contribution in [3.05, 3.63) is 71.3 Å². The fourth-order valence-corrected chi connectivity index (χ4v) is 4.52. The molecule has 0 spiro atoms. The molecule has 3 rings (SSSR count). The molecular formula is C26H35N3O2. The second-order valence-corrected chi connectivity index (χ2v) is 8.37. The molecule has 0 radical (unpaired) electrons. The molecule has 1 fully saturated rings. The number of carbonyl (C=O) groups is 2. The zero-order valence-corrected chi connectivity index (χ0v) is 19.1. The van der Waals surface area contributed by atoms with Gasteiger partial charge < -0.3 is 10.2 Å². The molecule has 166 valence electrons. The number of piperidine rings is 1. The van der Waals surface area contributed by atoms with Crippen LogP contribution < -0.4 is 5.32 Å². The van der Waals surface area contributed by atoms with E-state index in [4.69, 9.17) is 0 Å². The van der Waals surface area contributed by atoms with Gasteiger partial charge in [0.2, 0.25) is 11.8 Å². The number of hydrogen-bond donors (Lipinski definition) is 1. The van der Waals surface area contributed by atoms with E-state index < -0.39 is 5.41 Å². The van der Waals surface area contributed by atoms with Gasteiger partial charge in [-0.1, -0.05) is 68.4 Å². The summed E-state index contributed by atoms with van der Waals surface area (Å²) in [6, 6.07) is 18.4. The van der Waals surface area contributed by atoms with Crippen LogP contribution in [0.5, 0.6) is 0 Å². The predicted octanol–water partition coefficient (Wildman–Crippen LogP) is 3.72. The molecule has 1 heterocycles. The van der Waals surface area contributed by atoms with E-state index in [0.29, 0.717) is 32.5 Å². The maximum atomic E-state index is 13.6. The zero-order valence-electron chi connectivity index (χ0n) is 19.1. The molecule has 2 amide bonds. The van der Waals surface area contributed by atoms with Crippen LogP contribution in [0, 0.1) is 0 Å². The second kappa shape index (κ2) is 10.6. The minimum Gasteiger partial charge on any atom is -0.351 e. The van der Waals surface area contributed by atoms with Crippen molar-refractivity contribution < 1.29 is 9.59 Å². The number of rotatable bonds is 8. The van der Waals surface area contributed by atoms with Crippen molar-refractivity contribution in [3.8, 4) is 0 Å². The summed E-state index contributed by atoms with van der Waals surface area (Å²) in [5.74, 6) is 0.131. The van der Waals surface area contributed by atoms with Crippen LogP contribution in [0.1, 0.15) is 50.3 Å². The summed E-state index contributed by atoms with van der Waals surface area (Å²) >= 11 is 0. The van der Waals surface area contributed by atoms with Gasteiger partial charge in [-0.05, 0) is 42.6 Å². The zero-order chi connectivity index (χ0) is 22.3. The number of likely N-dealkylation sites (tertiary alicyclic amines) is 1. The lowest BCUT2D eigenvalue weighted by Gasteiger charge is -2.41. The van der Waals surface area contributed by atoms with E-state index in [-0.39, 0.29) is 11.8 Å². The summed E-state index contributed by atoms with van der Waals surface area (Å²) in [5.41, 5.74) is 2.85. The molecule has 0 atom stereocenters. The van der Waals surface area contributed by atoms with Gasteiger partial charge in [-0.3, -0.25) is 14.5 Å². The number of benzene rings is 2. The Hall–Kier alpha value is -2.66. The van der Waals surface area contributed by atoms with E-state index in [1.54, 1.807) is 6.92 Å². The molecule has 2 aromatic carbocycles. The lowest BCUT2D eigenvalue weighted by molar-refractivity contribution is -0.135. The summed E-state index contributed by atoms with van der Waals surface area (Å²) in [6.07, 6.45) is 1.28. The third kappa shape index (κ3) is 5.34. The van der Waals surface area contributed by atoms with E-state index in [1.807, 2.05) is 41.3 Å². The van der Waals surface area contributed by atoms with Gasteiger partial charge in [0.15, 0.2) is 0 Å². The Morgan fingerprint density at radius 3 is 2.10 bits per heavy atom. The first-order chi connectivity index (χ1) is 15.0. The van der Waals surface area contributed by atoms with Gasteiger partial charge in [0.25, 0.3) is 0 Å². The van der Waals surface area contributed by atoms with Crippen molar-refractivity contribution in [2.45, 2.75) is 52.1 Å². The number of amides is 2. The molecule has 1 aliphatic rings. The quantitative estimate of drug-likeness (QED) is 0.707. The number of nitrogens with one attached hydrogen (secondary N) is 1. The molecule has 1 aliphatic heterocycles. The molecule has 5 nitrogen and oxygen atoms in total. The molecule has 5 heteroatoms. The van der Waals surface area contributed by atoms with Crippen LogP contribution in [0.25, 0.3) is 0 Å². The van der Waals surface area contributed by atoms with Crippen molar-refractivity contribution in [3.63, 3.8) is 0 Å².